The number of carbonyl (C=O) groups is 1. The number of aromatic nitrogens is 2. The van der Waals surface area contributed by atoms with E-state index in [1.165, 1.54) is 0 Å². The summed E-state index contributed by atoms with van der Waals surface area (Å²) in [4.78, 5) is 25.2. The van der Waals surface area contributed by atoms with E-state index in [9.17, 15) is 4.79 Å². The van der Waals surface area contributed by atoms with E-state index in [1.54, 1.807) is 17.2 Å². The Morgan fingerprint density at radius 1 is 1.43 bits per heavy atom. The van der Waals surface area contributed by atoms with Gasteiger partial charge in [-0.1, -0.05) is 13.8 Å². The summed E-state index contributed by atoms with van der Waals surface area (Å²) in [6.07, 6.45) is 1.58. The van der Waals surface area contributed by atoms with E-state index in [4.69, 9.17) is 16.3 Å². The Morgan fingerprint density at radius 2 is 2.09 bits per heavy atom. The van der Waals surface area contributed by atoms with E-state index in [-0.39, 0.29) is 34.1 Å². The van der Waals surface area contributed by atoms with Gasteiger partial charge >= 0.3 is 6.03 Å². The van der Waals surface area contributed by atoms with Gasteiger partial charge in [-0.15, -0.1) is 0 Å². The second-order valence-electron chi connectivity index (χ2n) is 7.63. The second kappa shape index (κ2) is 5.41. The maximum atomic E-state index is 13.3. The Balaban J connectivity index is 2.13. The van der Waals surface area contributed by atoms with Gasteiger partial charge in [-0.3, -0.25) is 4.90 Å². The van der Waals surface area contributed by atoms with Crippen LogP contribution in [0.4, 0.5) is 10.6 Å². The van der Waals surface area contributed by atoms with E-state index in [2.05, 4.69) is 47.4 Å². The number of anilines is 1. The zero-order valence-corrected chi connectivity index (χ0v) is 15.0. The molecule has 0 N–H and O–H groups in total. The quantitative estimate of drug-likeness (QED) is 0.509. The molecule has 0 saturated carbocycles. The van der Waals surface area contributed by atoms with Crippen molar-refractivity contribution in [1.29, 1.82) is 0 Å². The van der Waals surface area contributed by atoms with Crippen LogP contribution in [0.25, 0.3) is 0 Å². The average Bonchev–Trinajstić information content (AvgIpc) is 2.68. The molecule has 3 heterocycles. The SMILES string of the molecule is BC(B)(B)N1C(=O)N(c2ccnc(Cl)n2)C(C(C)C)C12COC2. The summed E-state index contributed by atoms with van der Waals surface area (Å²) in [5.41, 5.74) is -0.319. The third-order valence-electron chi connectivity index (χ3n) is 4.54. The van der Waals surface area contributed by atoms with Crippen LogP contribution in [0, 0.1) is 5.92 Å². The van der Waals surface area contributed by atoms with Gasteiger partial charge in [-0.05, 0) is 28.8 Å². The molecule has 1 aromatic heterocycles. The van der Waals surface area contributed by atoms with E-state index >= 15 is 0 Å². The minimum absolute atomic E-state index is 0.0195. The van der Waals surface area contributed by atoms with Crippen LogP contribution >= 0.6 is 11.6 Å². The summed E-state index contributed by atoms with van der Waals surface area (Å²) in [5.74, 6) is 0.802. The fourth-order valence-electron chi connectivity index (χ4n) is 3.98. The van der Waals surface area contributed by atoms with Crippen molar-refractivity contribution in [2.45, 2.75) is 30.7 Å². The Bertz CT molecular complexity index is 636. The van der Waals surface area contributed by atoms with Crippen molar-refractivity contribution in [2.75, 3.05) is 18.1 Å². The normalized spacial score (nSPS) is 23.7. The molecule has 2 amide bonds. The summed E-state index contributed by atoms with van der Waals surface area (Å²) in [7, 11) is 6.16. The molecule has 23 heavy (non-hydrogen) atoms. The molecule has 0 radical (unpaired) electrons. The molecule has 2 aliphatic rings. The fourth-order valence-corrected chi connectivity index (χ4v) is 4.12. The van der Waals surface area contributed by atoms with Gasteiger partial charge in [0.05, 0.1) is 19.3 Å². The van der Waals surface area contributed by atoms with E-state index in [0.29, 0.717) is 19.0 Å². The third-order valence-corrected chi connectivity index (χ3v) is 4.72. The monoisotopic (exact) mass is 332 g/mol. The molecule has 120 valence electrons. The number of nitrogens with zero attached hydrogens (tertiary/aromatic N) is 4. The van der Waals surface area contributed by atoms with Gasteiger partial charge in [0, 0.05) is 6.20 Å². The van der Waals surface area contributed by atoms with Gasteiger partial charge in [0.2, 0.25) is 5.28 Å². The van der Waals surface area contributed by atoms with Gasteiger partial charge in [0.25, 0.3) is 0 Å². The van der Waals surface area contributed by atoms with Crippen molar-refractivity contribution in [3.63, 3.8) is 0 Å². The van der Waals surface area contributed by atoms with E-state index in [1.807, 2.05) is 4.90 Å². The molecule has 0 aromatic carbocycles. The van der Waals surface area contributed by atoms with Gasteiger partial charge in [0.1, 0.15) is 34.9 Å². The molecular formula is C13H20B3ClN4O2. The van der Waals surface area contributed by atoms with Crippen molar-refractivity contribution in [1.82, 2.24) is 14.9 Å². The number of rotatable bonds is 3. The number of ether oxygens (including phenoxy) is 1. The number of carbonyl (C=O) groups excluding carboxylic acids is 1. The predicted molar refractivity (Wildman–Crippen MR) is 97.3 cm³/mol. The molecular weight excluding hydrogens is 312 g/mol. The van der Waals surface area contributed by atoms with Gasteiger partial charge < -0.3 is 9.64 Å². The number of hydrogen-bond donors (Lipinski definition) is 0. The van der Waals surface area contributed by atoms with Crippen LogP contribution in [0.3, 0.4) is 0 Å². The Kier molecular flexibility index (Phi) is 3.92. The molecule has 1 atom stereocenters. The minimum Gasteiger partial charge on any atom is -0.376 e. The van der Waals surface area contributed by atoms with Crippen molar-refractivity contribution in [3.8, 4) is 0 Å². The molecule has 0 bridgehead atoms. The number of amides is 2. The lowest BCUT2D eigenvalue weighted by Crippen LogP contribution is -2.72. The zero-order chi connectivity index (χ0) is 17.0. The smallest absolute Gasteiger partial charge is 0.325 e. The predicted octanol–water partition coefficient (Wildman–Crippen LogP) is -1.32. The highest BCUT2D eigenvalue weighted by atomic mass is 35.5. The maximum absolute atomic E-state index is 13.3. The topological polar surface area (TPSA) is 58.6 Å². The summed E-state index contributed by atoms with van der Waals surface area (Å²) < 4.78 is 5.54. The molecule has 2 aliphatic heterocycles. The second-order valence-corrected chi connectivity index (χ2v) is 7.97. The van der Waals surface area contributed by atoms with Crippen molar-refractivity contribution >= 4 is 47.0 Å². The average molecular weight is 332 g/mol. The molecule has 2 saturated heterocycles. The zero-order valence-electron chi connectivity index (χ0n) is 14.2. The van der Waals surface area contributed by atoms with Crippen LogP contribution in [-0.2, 0) is 4.74 Å². The molecule has 2 fully saturated rings. The Morgan fingerprint density at radius 3 is 2.52 bits per heavy atom. The first-order valence-corrected chi connectivity index (χ1v) is 8.26. The lowest BCUT2D eigenvalue weighted by molar-refractivity contribution is -0.127. The van der Waals surface area contributed by atoms with Crippen LogP contribution in [0.5, 0.6) is 0 Å². The largest absolute Gasteiger partial charge is 0.376 e. The first-order valence-electron chi connectivity index (χ1n) is 7.88. The maximum Gasteiger partial charge on any atom is 0.325 e. The first kappa shape index (κ1) is 16.6. The van der Waals surface area contributed by atoms with Crippen molar-refractivity contribution < 1.29 is 9.53 Å². The van der Waals surface area contributed by atoms with Gasteiger partial charge in [0.15, 0.2) is 0 Å². The molecule has 10 heteroatoms. The summed E-state index contributed by atoms with van der Waals surface area (Å²) in [6.45, 7) is 5.35. The van der Waals surface area contributed by atoms with Gasteiger partial charge in [-0.2, -0.15) is 0 Å². The molecule has 1 unspecified atom stereocenters. The minimum atomic E-state index is -0.319. The first-order chi connectivity index (χ1) is 10.7. The highest BCUT2D eigenvalue weighted by Gasteiger charge is 2.64. The van der Waals surface area contributed by atoms with E-state index < -0.39 is 0 Å². The van der Waals surface area contributed by atoms with Crippen LogP contribution < -0.4 is 4.90 Å². The summed E-state index contributed by atoms with van der Waals surface area (Å²) in [6, 6.07) is 1.67. The third kappa shape index (κ3) is 2.45. The van der Waals surface area contributed by atoms with Crippen LogP contribution in [-0.4, -0.2) is 74.5 Å². The molecule has 0 aliphatic carbocycles. The van der Waals surface area contributed by atoms with Crippen LogP contribution in [0.15, 0.2) is 12.3 Å². The van der Waals surface area contributed by atoms with Crippen molar-refractivity contribution in [2.24, 2.45) is 5.92 Å². The van der Waals surface area contributed by atoms with Crippen LogP contribution in [0.1, 0.15) is 13.8 Å². The highest BCUT2D eigenvalue weighted by Crippen LogP contribution is 2.45. The molecule has 1 spiro atoms. The summed E-state index contributed by atoms with van der Waals surface area (Å²) >= 11 is 5.95. The Hall–Kier alpha value is -1.21. The summed E-state index contributed by atoms with van der Waals surface area (Å²) in [5, 5.41) is -0.162. The molecule has 6 nitrogen and oxygen atoms in total. The number of halogens is 1. The van der Waals surface area contributed by atoms with Crippen LogP contribution in [0.2, 0.25) is 5.28 Å². The molecule has 3 rings (SSSR count). The number of urea groups is 1. The fraction of sp³-hybridized carbons (Fsp3) is 0.615. The standard InChI is InChI=1S/C13H20B3ClN4O2/c1-7(2)9-12(5-23-6-12)21(13(14,15)16)11(22)20(9)8-3-4-18-10(17)19-8/h3-4,7,9H,5-6,14-16H2,1-2H3. The lowest BCUT2D eigenvalue weighted by Gasteiger charge is -2.53. The van der Waals surface area contributed by atoms with Crippen molar-refractivity contribution in [3.05, 3.63) is 17.5 Å². The van der Waals surface area contributed by atoms with Gasteiger partial charge in [-0.25, -0.2) is 14.8 Å². The Labute approximate surface area is 144 Å². The highest BCUT2D eigenvalue weighted by molar-refractivity contribution is 6.60. The number of hydrogen-bond acceptors (Lipinski definition) is 4. The lowest BCUT2D eigenvalue weighted by atomic mass is 9.47. The molecule has 1 aromatic rings. The van der Waals surface area contributed by atoms with E-state index in [0.717, 1.165) is 0 Å².